The number of aliphatic hydroxyl groups is 2. The number of amides is 1. The van der Waals surface area contributed by atoms with Crippen molar-refractivity contribution >= 4 is 17.2 Å². The third-order valence-corrected chi connectivity index (χ3v) is 3.70. The summed E-state index contributed by atoms with van der Waals surface area (Å²) in [5, 5.41) is 23.4. The van der Waals surface area contributed by atoms with Crippen LogP contribution < -0.4 is 5.32 Å². The molecule has 108 valence electrons. The van der Waals surface area contributed by atoms with Gasteiger partial charge in [0, 0.05) is 24.2 Å². The Kier molecular flexibility index (Phi) is 4.53. The van der Waals surface area contributed by atoms with E-state index in [9.17, 15) is 4.79 Å². The number of thiazole rings is 1. The number of hydrogen-bond donors (Lipinski definition) is 3. The molecule has 0 unspecified atom stereocenters. The average molecular weight is 295 g/mol. The van der Waals surface area contributed by atoms with E-state index in [1.165, 1.54) is 0 Å². The molecule has 0 aliphatic heterocycles. The minimum Gasteiger partial charge on any atom is -0.394 e. The first-order valence-electron chi connectivity index (χ1n) is 6.16. The zero-order valence-electron chi connectivity index (χ0n) is 11.3. The predicted octanol–water partition coefficient (Wildman–Crippen LogP) is 0.540. The fraction of sp³-hybridized carbons (Fsp3) is 0.385. The third-order valence-electron chi connectivity index (χ3n) is 2.93. The van der Waals surface area contributed by atoms with E-state index in [4.69, 9.17) is 10.2 Å². The first-order chi connectivity index (χ1) is 9.55. The monoisotopic (exact) mass is 295 g/mol. The molecule has 6 nitrogen and oxygen atoms in total. The van der Waals surface area contributed by atoms with E-state index in [2.05, 4.69) is 10.3 Å². The highest BCUT2D eigenvalue weighted by molar-refractivity contribution is 7.09. The highest BCUT2D eigenvalue weighted by Gasteiger charge is 2.17. The van der Waals surface area contributed by atoms with Crippen LogP contribution in [0.1, 0.15) is 15.5 Å². The van der Waals surface area contributed by atoms with Crippen molar-refractivity contribution in [2.75, 3.05) is 13.2 Å². The Labute approximate surface area is 120 Å². The lowest BCUT2D eigenvalue weighted by molar-refractivity contribution is 0.0871. The van der Waals surface area contributed by atoms with E-state index in [0.29, 0.717) is 5.69 Å². The van der Waals surface area contributed by atoms with Crippen LogP contribution in [0.2, 0.25) is 0 Å². The summed E-state index contributed by atoms with van der Waals surface area (Å²) < 4.78 is 1.70. The van der Waals surface area contributed by atoms with Crippen molar-refractivity contribution in [2.45, 2.75) is 13.0 Å². The Balaban J connectivity index is 2.21. The molecule has 0 atom stereocenters. The van der Waals surface area contributed by atoms with Gasteiger partial charge in [0.25, 0.3) is 5.91 Å². The van der Waals surface area contributed by atoms with Crippen molar-refractivity contribution in [1.29, 1.82) is 0 Å². The van der Waals surface area contributed by atoms with Crippen molar-refractivity contribution < 1.29 is 15.0 Å². The summed E-state index contributed by atoms with van der Waals surface area (Å²) in [5.74, 6) is -0.334. The summed E-state index contributed by atoms with van der Waals surface area (Å²) in [6.07, 6.45) is 1.83. The van der Waals surface area contributed by atoms with Gasteiger partial charge in [0.2, 0.25) is 0 Å². The van der Waals surface area contributed by atoms with Crippen LogP contribution in [-0.4, -0.2) is 44.9 Å². The van der Waals surface area contributed by atoms with Gasteiger partial charge in [-0.05, 0) is 13.0 Å². The van der Waals surface area contributed by atoms with Crippen LogP contribution in [0, 0.1) is 6.92 Å². The number of aromatic nitrogens is 2. The lowest BCUT2D eigenvalue weighted by Crippen LogP contribution is -2.40. The molecule has 0 bridgehead atoms. The van der Waals surface area contributed by atoms with Gasteiger partial charge in [-0.2, -0.15) is 0 Å². The maximum absolute atomic E-state index is 12.1. The summed E-state index contributed by atoms with van der Waals surface area (Å²) in [6.45, 7) is 1.33. The molecule has 2 aromatic rings. The second kappa shape index (κ2) is 6.17. The predicted molar refractivity (Wildman–Crippen MR) is 76.7 cm³/mol. The fourth-order valence-corrected chi connectivity index (χ4v) is 2.46. The molecular weight excluding hydrogens is 278 g/mol. The molecule has 7 heteroatoms. The molecule has 2 heterocycles. The van der Waals surface area contributed by atoms with Gasteiger partial charge >= 0.3 is 0 Å². The van der Waals surface area contributed by atoms with Gasteiger partial charge in [-0.15, -0.1) is 11.3 Å². The molecule has 0 spiro atoms. The van der Waals surface area contributed by atoms with E-state index in [1.807, 2.05) is 18.5 Å². The first kappa shape index (κ1) is 14.7. The molecule has 20 heavy (non-hydrogen) atoms. The van der Waals surface area contributed by atoms with E-state index in [1.54, 1.807) is 29.0 Å². The van der Waals surface area contributed by atoms with Crippen molar-refractivity contribution in [3.05, 3.63) is 28.3 Å². The van der Waals surface area contributed by atoms with Crippen molar-refractivity contribution in [1.82, 2.24) is 14.9 Å². The zero-order chi connectivity index (χ0) is 14.7. The lowest BCUT2D eigenvalue weighted by Gasteiger charge is -2.13. The summed E-state index contributed by atoms with van der Waals surface area (Å²) in [6, 6.07) is 1.10. The number of hydrogen-bond acceptors (Lipinski definition) is 5. The standard InChI is InChI=1S/C13H17N3O3S/c1-8-14-11(7-20-8)9-3-12(16(2)4-9)13(19)15-10(5-17)6-18/h3-4,7,10,17-18H,5-6H2,1-2H3,(H,15,19). The summed E-state index contributed by atoms with van der Waals surface area (Å²) in [5.41, 5.74) is 2.16. The van der Waals surface area contributed by atoms with Crippen molar-refractivity contribution in [3.8, 4) is 11.3 Å². The Hall–Kier alpha value is -1.70. The molecule has 1 amide bonds. The highest BCUT2D eigenvalue weighted by Crippen LogP contribution is 2.23. The molecule has 0 aliphatic carbocycles. The maximum atomic E-state index is 12.1. The molecular formula is C13H17N3O3S. The van der Waals surface area contributed by atoms with Gasteiger partial charge in [-0.1, -0.05) is 0 Å². The number of rotatable bonds is 5. The van der Waals surface area contributed by atoms with E-state index < -0.39 is 6.04 Å². The van der Waals surface area contributed by atoms with Crippen LogP contribution in [0.3, 0.4) is 0 Å². The third kappa shape index (κ3) is 3.06. The first-order valence-corrected chi connectivity index (χ1v) is 7.04. The molecule has 3 N–H and O–H groups in total. The Morgan fingerprint density at radius 2 is 2.20 bits per heavy atom. The van der Waals surface area contributed by atoms with E-state index in [0.717, 1.165) is 16.3 Å². The van der Waals surface area contributed by atoms with Crippen LogP contribution in [0.15, 0.2) is 17.6 Å². The molecule has 0 saturated carbocycles. The molecule has 0 fully saturated rings. The summed E-state index contributed by atoms with van der Waals surface area (Å²) >= 11 is 1.55. The normalized spacial score (nSPS) is 11.1. The second-order valence-electron chi connectivity index (χ2n) is 4.51. The Morgan fingerprint density at radius 3 is 2.75 bits per heavy atom. The number of carbonyl (C=O) groups is 1. The maximum Gasteiger partial charge on any atom is 0.268 e. The minimum absolute atomic E-state index is 0.301. The summed E-state index contributed by atoms with van der Waals surface area (Å²) in [7, 11) is 1.77. The van der Waals surface area contributed by atoms with Crippen molar-refractivity contribution in [2.24, 2.45) is 7.05 Å². The van der Waals surface area contributed by atoms with Gasteiger partial charge in [-0.25, -0.2) is 4.98 Å². The molecule has 0 aliphatic rings. The average Bonchev–Trinajstić information content (AvgIpc) is 3.01. The Bertz CT molecular complexity index is 602. The number of aliphatic hydroxyl groups excluding tert-OH is 2. The van der Waals surface area contributed by atoms with Crippen LogP contribution in [0.5, 0.6) is 0 Å². The lowest BCUT2D eigenvalue weighted by atomic mass is 10.2. The smallest absolute Gasteiger partial charge is 0.268 e. The number of aryl methyl sites for hydroxylation is 2. The van der Waals surface area contributed by atoms with Crippen LogP contribution in [-0.2, 0) is 7.05 Å². The molecule has 2 aromatic heterocycles. The fourth-order valence-electron chi connectivity index (χ4n) is 1.83. The largest absolute Gasteiger partial charge is 0.394 e. The zero-order valence-corrected chi connectivity index (χ0v) is 12.1. The number of nitrogens with zero attached hydrogens (tertiary/aromatic N) is 2. The van der Waals surface area contributed by atoms with E-state index >= 15 is 0 Å². The Morgan fingerprint density at radius 1 is 1.50 bits per heavy atom. The number of nitrogens with one attached hydrogen (secondary N) is 1. The minimum atomic E-state index is -0.651. The highest BCUT2D eigenvalue weighted by atomic mass is 32.1. The SMILES string of the molecule is Cc1nc(-c2cc(C(=O)NC(CO)CO)n(C)c2)cs1. The van der Waals surface area contributed by atoms with Gasteiger partial charge in [0.1, 0.15) is 5.69 Å². The van der Waals surface area contributed by atoms with Crippen molar-refractivity contribution in [3.63, 3.8) is 0 Å². The molecule has 0 aromatic carbocycles. The van der Waals surface area contributed by atoms with Crippen LogP contribution in [0.4, 0.5) is 0 Å². The van der Waals surface area contributed by atoms with Gasteiger partial charge in [0.15, 0.2) is 0 Å². The summed E-state index contributed by atoms with van der Waals surface area (Å²) in [4.78, 5) is 16.5. The topological polar surface area (TPSA) is 87.4 Å². The quantitative estimate of drug-likeness (QED) is 0.751. The van der Waals surface area contributed by atoms with Gasteiger partial charge in [-0.3, -0.25) is 4.79 Å². The molecule has 2 rings (SSSR count). The van der Waals surface area contributed by atoms with E-state index in [-0.39, 0.29) is 19.1 Å². The van der Waals surface area contributed by atoms with Crippen LogP contribution >= 0.6 is 11.3 Å². The van der Waals surface area contributed by atoms with Gasteiger partial charge < -0.3 is 20.1 Å². The number of carbonyl (C=O) groups excluding carboxylic acids is 1. The van der Waals surface area contributed by atoms with Gasteiger partial charge in [0.05, 0.1) is 30.0 Å². The van der Waals surface area contributed by atoms with Crippen LogP contribution in [0.25, 0.3) is 11.3 Å². The molecule has 0 radical (unpaired) electrons. The molecule has 0 saturated heterocycles. The second-order valence-corrected chi connectivity index (χ2v) is 5.57.